The van der Waals surface area contributed by atoms with Crippen LogP contribution >= 0.6 is 0 Å². The molecule has 5 nitrogen and oxygen atoms in total. The van der Waals surface area contributed by atoms with Gasteiger partial charge in [-0.1, -0.05) is 12.1 Å². The van der Waals surface area contributed by atoms with Crippen LogP contribution in [0.5, 0.6) is 0 Å². The highest BCUT2D eigenvalue weighted by Crippen LogP contribution is 2.30. The number of hydrogen-bond acceptors (Lipinski definition) is 4. The second kappa shape index (κ2) is 7.08. The monoisotopic (exact) mass is 395 g/mol. The molecular formula is C24H18FN5. The van der Waals surface area contributed by atoms with E-state index in [0.29, 0.717) is 11.0 Å². The fraction of sp³-hybridized carbons (Fsp3) is 0.0417. The maximum atomic E-state index is 13.5. The Labute approximate surface area is 172 Å². The smallest absolute Gasteiger partial charge is 0.123 e. The minimum atomic E-state index is -0.290. The van der Waals surface area contributed by atoms with E-state index in [2.05, 4.69) is 10.3 Å². The van der Waals surface area contributed by atoms with E-state index >= 15 is 0 Å². The van der Waals surface area contributed by atoms with Crippen molar-refractivity contribution < 1.29 is 4.39 Å². The Morgan fingerprint density at radius 2 is 1.77 bits per heavy atom. The molecule has 1 aliphatic carbocycles. The number of aromatic nitrogens is 3. The van der Waals surface area contributed by atoms with E-state index in [4.69, 9.17) is 10.4 Å². The molecule has 1 aliphatic heterocycles. The van der Waals surface area contributed by atoms with E-state index in [1.165, 1.54) is 12.1 Å². The summed E-state index contributed by atoms with van der Waals surface area (Å²) in [6, 6.07) is 21.6. The Morgan fingerprint density at radius 3 is 2.53 bits per heavy atom. The lowest BCUT2D eigenvalue weighted by Gasteiger charge is -2.20. The number of para-hydroxylation sites is 2. The number of nitrogens with one attached hydrogen (secondary N) is 2. The van der Waals surface area contributed by atoms with Crippen LogP contribution in [-0.4, -0.2) is 14.5 Å². The fourth-order valence-electron chi connectivity index (χ4n) is 3.52. The minimum absolute atomic E-state index is 0.290. The Bertz CT molecular complexity index is 1390. The van der Waals surface area contributed by atoms with Gasteiger partial charge in [-0.25, -0.2) is 9.37 Å². The van der Waals surface area contributed by atoms with Gasteiger partial charge in [0.2, 0.25) is 0 Å². The first kappa shape index (κ1) is 18.0. The second-order valence-corrected chi connectivity index (χ2v) is 7.11. The van der Waals surface area contributed by atoms with Gasteiger partial charge in [0, 0.05) is 11.4 Å². The van der Waals surface area contributed by atoms with Crippen LogP contribution in [0.1, 0.15) is 5.69 Å². The molecule has 5 rings (SSSR count). The zero-order chi connectivity index (χ0) is 20.7. The van der Waals surface area contributed by atoms with Crippen LogP contribution in [0.15, 0.2) is 79.0 Å². The summed E-state index contributed by atoms with van der Waals surface area (Å²) in [6.07, 6.45) is 1.74. The summed E-state index contributed by atoms with van der Waals surface area (Å²) in [5.41, 5.74) is 6.40. The molecule has 0 bridgehead atoms. The molecule has 0 saturated carbocycles. The van der Waals surface area contributed by atoms with Gasteiger partial charge in [-0.3, -0.25) is 10.4 Å². The van der Waals surface area contributed by atoms with Crippen molar-refractivity contribution in [2.75, 3.05) is 5.32 Å². The Hall–Kier alpha value is -4.06. The van der Waals surface area contributed by atoms with E-state index < -0.39 is 0 Å². The fourth-order valence-corrected chi connectivity index (χ4v) is 3.52. The molecule has 2 heterocycles. The van der Waals surface area contributed by atoms with E-state index in [1.807, 2.05) is 54.0 Å². The molecule has 146 valence electrons. The number of pyridine rings is 1. The van der Waals surface area contributed by atoms with Crippen LogP contribution in [0.3, 0.4) is 0 Å². The van der Waals surface area contributed by atoms with Gasteiger partial charge in [-0.2, -0.15) is 0 Å². The summed E-state index contributed by atoms with van der Waals surface area (Å²) in [5, 5.41) is 12.1. The Morgan fingerprint density at radius 1 is 0.967 bits per heavy atom. The van der Waals surface area contributed by atoms with Gasteiger partial charge in [-0.05, 0) is 67.6 Å². The molecule has 2 N–H and O–H groups in total. The van der Waals surface area contributed by atoms with Crippen molar-refractivity contribution in [1.29, 1.82) is 5.41 Å². The molecule has 0 fully saturated rings. The second-order valence-electron chi connectivity index (χ2n) is 7.11. The molecule has 2 aliphatic rings. The summed E-state index contributed by atoms with van der Waals surface area (Å²) in [5.74, 6) is -0.290. The maximum absolute atomic E-state index is 13.5. The predicted molar refractivity (Wildman–Crippen MR) is 116 cm³/mol. The highest BCUT2D eigenvalue weighted by Gasteiger charge is 2.16. The molecule has 30 heavy (non-hydrogen) atoms. The third kappa shape index (κ3) is 3.18. The van der Waals surface area contributed by atoms with Crippen molar-refractivity contribution in [3.8, 4) is 17.1 Å². The Kier molecular flexibility index (Phi) is 4.25. The lowest BCUT2D eigenvalue weighted by Crippen LogP contribution is -2.13. The molecule has 0 radical (unpaired) electrons. The van der Waals surface area contributed by atoms with Crippen molar-refractivity contribution in [1.82, 2.24) is 14.5 Å². The van der Waals surface area contributed by atoms with Gasteiger partial charge in [-0.15, -0.1) is 0 Å². The summed E-state index contributed by atoms with van der Waals surface area (Å²) >= 11 is 0. The molecule has 0 saturated heterocycles. The lowest BCUT2D eigenvalue weighted by molar-refractivity contribution is 0.627. The first-order valence-corrected chi connectivity index (χ1v) is 9.54. The average Bonchev–Trinajstić information content (AvgIpc) is 2.75. The van der Waals surface area contributed by atoms with Crippen LogP contribution < -0.4 is 10.7 Å². The standard InChI is InChI=1S/C24H18FN5/c1-15-6-9-17(14-27-15)28-21-13-22-24(12-19(21)26)30(18-10-7-16(25)8-11-18)23-5-3-2-4-20(23)29-22/h2-14,26,28H,1H3. The van der Waals surface area contributed by atoms with Gasteiger partial charge >= 0.3 is 0 Å². The van der Waals surface area contributed by atoms with Crippen LogP contribution in [0.2, 0.25) is 0 Å². The molecule has 3 aromatic rings. The van der Waals surface area contributed by atoms with Crippen molar-refractivity contribution in [3.63, 3.8) is 0 Å². The van der Waals surface area contributed by atoms with Gasteiger partial charge in [0.05, 0.1) is 45.4 Å². The number of halogens is 1. The number of aryl methyl sites for hydroxylation is 1. The molecule has 0 unspecified atom stereocenters. The highest BCUT2D eigenvalue weighted by atomic mass is 19.1. The van der Waals surface area contributed by atoms with Gasteiger partial charge in [0.1, 0.15) is 5.82 Å². The van der Waals surface area contributed by atoms with Crippen LogP contribution in [0.4, 0.5) is 15.8 Å². The first-order valence-electron chi connectivity index (χ1n) is 9.54. The molecule has 0 amide bonds. The third-order valence-electron chi connectivity index (χ3n) is 4.99. The van der Waals surface area contributed by atoms with Gasteiger partial charge < -0.3 is 9.88 Å². The number of rotatable bonds is 3. The minimum Gasteiger partial charge on any atom is -0.352 e. The van der Waals surface area contributed by atoms with Gasteiger partial charge in [0.15, 0.2) is 0 Å². The van der Waals surface area contributed by atoms with Crippen molar-refractivity contribution in [2.24, 2.45) is 0 Å². The number of anilines is 2. The van der Waals surface area contributed by atoms with E-state index in [1.54, 1.807) is 24.4 Å². The SMILES string of the molecule is Cc1ccc(Nc2cc3nc4ccccc4n(-c4ccc(F)cc4)c-3cc2=N)cn1. The molecule has 6 heteroatoms. The highest BCUT2D eigenvalue weighted by molar-refractivity contribution is 5.84. The van der Waals surface area contributed by atoms with Crippen molar-refractivity contribution in [3.05, 3.63) is 95.9 Å². The molecule has 0 spiro atoms. The van der Waals surface area contributed by atoms with E-state index in [-0.39, 0.29) is 5.82 Å². The molecule has 1 aromatic heterocycles. The summed E-state index contributed by atoms with van der Waals surface area (Å²) in [6.45, 7) is 1.93. The normalized spacial score (nSPS) is 11.1. The average molecular weight is 395 g/mol. The van der Waals surface area contributed by atoms with Crippen LogP contribution in [0, 0.1) is 18.2 Å². The number of fused-ring (bicyclic) bond motifs is 2. The van der Waals surface area contributed by atoms with Crippen LogP contribution in [-0.2, 0) is 0 Å². The zero-order valence-corrected chi connectivity index (χ0v) is 16.2. The molecule has 0 atom stereocenters. The largest absolute Gasteiger partial charge is 0.352 e. The zero-order valence-electron chi connectivity index (χ0n) is 16.2. The van der Waals surface area contributed by atoms with Gasteiger partial charge in [0.25, 0.3) is 0 Å². The van der Waals surface area contributed by atoms with Crippen LogP contribution in [0.25, 0.3) is 28.1 Å². The topological polar surface area (TPSA) is 66.6 Å². The summed E-state index contributed by atoms with van der Waals surface area (Å²) in [4.78, 5) is 9.10. The maximum Gasteiger partial charge on any atom is 0.123 e. The van der Waals surface area contributed by atoms with Crippen molar-refractivity contribution in [2.45, 2.75) is 6.92 Å². The number of benzene rings is 3. The summed E-state index contributed by atoms with van der Waals surface area (Å²) < 4.78 is 15.5. The molecular weight excluding hydrogens is 377 g/mol. The Balaban J connectivity index is 1.74. The van der Waals surface area contributed by atoms with E-state index in [0.717, 1.165) is 39.5 Å². The summed E-state index contributed by atoms with van der Waals surface area (Å²) in [7, 11) is 0. The quantitative estimate of drug-likeness (QED) is 0.413. The number of hydrogen-bond donors (Lipinski definition) is 2. The molecule has 2 aromatic carbocycles. The predicted octanol–water partition coefficient (Wildman–Crippen LogP) is 5.20. The number of nitrogens with zero attached hydrogens (tertiary/aromatic N) is 3. The third-order valence-corrected chi connectivity index (χ3v) is 4.99. The lowest BCUT2D eigenvalue weighted by atomic mass is 10.1. The first-order chi connectivity index (χ1) is 14.6. The van der Waals surface area contributed by atoms with Crippen molar-refractivity contribution >= 4 is 22.4 Å². The van der Waals surface area contributed by atoms with E-state index in [9.17, 15) is 4.39 Å².